The molecular weight excluding hydrogens is 517 g/mol. The minimum absolute atomic E-state index is 0.248. The van der Waals surface area contributed by atoms with Crippen LogP contribution in [-0.2, 0) is 11.3 Å². The van der Waals surface area contributed by atoms with Gasteiger partial charge >= 0.3 is 0 Å². The first-order valence-electron chi connectivity index (χ1n) is 7.31. The molecule has 128 valence electrons. The normalized spacial score (nSPS) is 16.0. The van der Waals surface area contributed by atoms with E-state index in [1.165, 1.54) is 4.90 Å². The minimum Gasteiger partial charge on any atom is -0.496 e. The standard InChI is InChI=1S/C18H13BrINO3S/c1-24-15-7-4-12(8-14(15)20)9-16-17(22)21(18(23)25-16)10-11-2-5-13(19)6-3-11/h2-9H,10H2,1H3/b16-9-. The highest BCUT2D eigenvalue weighted by Crippen LogP contribution is 2.34. The summed E-state index contributed by atoms with van der Waals surface area (Å²) in [5, 5.41) is -0.248. The maximum absolute atomic E-state index is 12.6. The van der Waals surface area contributed by atoms with Crippen molar-refractivity contribution in [2.45, 2.75) is 6.54 Å². The van der Waals surface area contributed by atoms with Crippen LogP contribution in [0.5, 0.6) is 5.75 Å². The monoisotopic (exact) mass is 529 g/mol. The quantitative estimate of drug-likeness (QED) is 0.398. The molecule has 0 unspecified atom stereocenters. The Kier molecular flexibility index (Phi) is 5.85. The van der Waals surface area contributed by atoms with Crippen LogP contribution in [0, 0.1) is 3.57 Å². The largest absolute Gasteiger partial charge is 0.496 e. The second-order valence-corrected chi connectivity index (χ2v) is 8.36. The van der Waals surface area contributed by atoms with Crippen LogP contribution in [0.1, 0.15) is 11.1 Å². The molecule has 1 heterocycles. The molecule has 0 atom stereocenters. The number of thioether (sulfide) groups is 1. The highest BCUT2D eigenvalue weighted by Gasteiger charge is 2.34. The van der Waals surface area contributed by atoms with Crippen LogP contribution in [0.3, 0.4) is 0 Å². The van der Waals surface area contributed by atoms with Crippen LogP contribution in [0.25, 0.3) is 6.08 Å². The van der Waals surface area contributed by atoms with E-state index in [1.807, 2.05) is 42.5 Å². The summed E-state index contributed by atoms with van der Waals surface area (Å²) >= 11 is 6.52. The zero-order valence-electron chi connectivity index (χ0n) is 13.2. The summed E-state index contributed by atoms with van der Waals surface area (Å²) in [7, 11) is 1.62. The number of methoxy groups -OCH3 is 1. The Morgan fingerprint density at radius 2 is 1.92 bits per heavy atom. The van der Waals surface area contributed by atoms with Crippen molar-refractivity contribution in [3.8, 4) is 5.75 Å². The Bertz CT molecular complexity index is 867. The van der Waals surface area contributed by atoms with E-state index in [0.717, 1.165) is 36.7 Å². The maximum atomic E-state index is 12.6. The third kappa shape index (κ3) is 4.27. The van der Waals surface area contributed by atoms with Crippen LogP contribution in [0.15, 0.2) is 51.8 Å². The van der Waals surface area contributed by atoms with E-state index in [2.05, 4.69) is 38.5 Å². The van der Waals surface area contributed by atoms with Gasteiger partial charge < -0.3 is 4.74 Å². The lowest BCUT2D eigenvalue weighted by Crippen LogP contribution is -2.27. The first kappa shape index (κ1) is 18.5. The Morgan fingerprint density at radius 1 is 1.20 bits per heavy atom. The fourth-order valence-electron chi connectivity index (χ4n) is 2.33. The molecule has 2 aromatic rings. The number of ether oxygens (including phenoxy) is 1. The fourth-order valence-corrected chi connectivity index (χ4v) is 4.19. The number of imide groups is 1. The smallest absolute Gasteiger partial charge is 0.293 e. The summed E-state index contributed by atoms with van der Waals surface area (Å²) in [5.41, 5.74) is 1.77. The van der Waals surface area contributed by atoms with Crippen molar-refractivity contribution in [1.29, 1.82) is 0 Å². The lowest BCUT2D eigenvalue weighted by molar-refractivity contribution is -0.123. The van der Waals surface area contributed by atoms with Crippen LogP contribution in [0.4, 0.5) is 4.79 Å². The molecule has 0 radical (unpaired) electrons. The van der Waals surface area contributed by atoms with E-state index >= 15 is 0 Å². The van der Waals surface area contributed by atoms with Crippen LogP contribution in [0.2, 0.25) is 0 Å². The topological polar surface area (TPSA) is 46.6 Å². The number of carbonyl (C=O) groups is 2. The predicted octanol–water partition coefficient (Wildman–Crippen LogP) is 5.30. The molecule has 25 heavy (non-hydrogen) atoms. The number of hydrogen-bond donors (Lipinski definition) is 0. The van der Waals surface area contributed by atoms with Gasteiger partial charge in [0.15, 0.2) is 0 Å². The van der Waals surface area contributed by atoms with Crippen molar-refractivity contribution < 1.29 is 14.3 Å². The number of benzene rings is 2. The molecule has 0 aromatic heterocycles. The molecule has 0 spiro atoms. The highest BCUT2D eigenvalue weighted by molar-refractivity contribution is 14.1. The van der Waals surface area contributed by atoms with Crippen molar-refractivity contribution >= 4 is 67.5 Å². The molecular formula is C18H13BrINO3S. The van der Waals surface area contributed by atoms with E-state index < -0.39 is 0 Å². The van der Waals surface area contributed by atoms with Gasteiger partial charge in [-0.15, -0.1) is 0 Å². The molecule has 0 aliphatic carbocycles. The molecule has 7 heteroatoms. The van der Waals surface area contributed by atoms with Gasteiger partial charge in [-0.2, -0.15) is 0 Å². The summed E-state index contributed by atoms with van der Waals surface area (Å²) in [5.74, 6) is 0.518. The Hall–Kier alpha value is -1.32. The number of carbonyl (C=O) groups excluding carboxylic acids is 2. The molecule has 2 amide bonds. The lowest BCUT2D eigenvalue weighted by Gasteiger charge is -2.12. The van der Waals surface area contributed by atoms with E-state index in [9.17, 15) is 9.59 Å². The van der Waals surface area contributed by atoms with Crippen molar-refractivity contribution in [2.24, 2.45) is 0 Å². The molecule has 4 nitrogen and oxygen atoms in total. The first-order chi connectivity index (χ1) is 12.0. The Balaban J connectivity index is 1.80. The van der Waals surface area contributed by atoms with Crippen LogP contribution < -0.4 is 4.74 Å². The number of amides is 2. The van der Waals surface area contributed by atoms with Gasteiger partial charge in [-0.1, -0.05) is 34.1 Å². The minimum atomic E-state index is -0.260. The van der Waals surface area contributed by atoms with Gasteiger partial charge in [0, 0.05) is 4.47 Å². The molecule has 1 aliphatic rings. The summed E-state index contributed by atoms with van der Waals surface area (Å²) < 4.78 is 7.14. The fraction of sp³-hybridized carbons (Fsp3) is 0.111. The second-order valence-electron chi connectivity index (χ2n) is 5.29. The number of rotatable bonds is 4. The first-order valence-corrected chi connectivity index (χ1v) is 10.00. The van der Waals surface area contributed by atoms with Crippen LogP contribution >= 0.6 is 50.3 Å². The van der Waals surface area contributed by atoms with E-state index in [-0.39, 0.29) is 17.7 Å². The van der Waals surface area contributed by atoms with Gasteiger partial charge in [-0.3, -0.25) is 14.5 Å². The van der Waals surface area contributed by atoms with Gasteiger partial charge in [0.05, 0.1) is 22.1 Å². The summed E-state index contributed by atoms with van der Waals surface area (Å²) in [4.78, 5) is 26.5. The summed E-state index contributed by atoms with van der Waals surface area (Å²) in [6.45, 7) is 0.273. The van der Waals surface area contributed by atoms with Gasteiger partial charge in [0.25, 0.3) is 11.1 Å². The van der Waals surface area contributed by atoms with E-state index in [4.69, 9.17) is 4.74 Å². The van der Waals surface area contributed by atoms with Crippen molar-refractivity contribution in [3.05, 3.63) is 66.5 Å². The van der Waals surface area contributed by atoms with Gasteiger partial charge in [-0.05, 0) is 75.8 Å². The van der Waals surface area contributed by atoms with Crippen molar-refractivity contribution in [2.75, 3.05) is 7.11 Å². The van der Waals surface area contributed by atoms with Crippen molar-refractivity contribution in [1.82, 2.24) is 4.90 Å². The van der Waals surface area contributed by atoms with Crippen LogP contribution in [-0.4, -0.2) is 23.2 Å². The zero-order chi connectivity index (χ0) is 18.0. The Morgan fingerprint density at radius 3 is 2.56 bits per heavy atom. The van der Waals surface area contributed by atoms with Crippen molar-refractivity contribution in [3.63, 3.8) is 0 Å². The van der Waals surface area contributed by atoms with E-state index in [0.29, 0.717) is 4.91 Å². The highest BCUT2D eigenvalue weighted by atomic mass is 127. The maximum Gasteiger partial charge on any atom is 0.293 e. The number of halogens is 2. The van der Waals surface area contributed by atoms with Gasteiger partial charge in [0.1, 0.15) is 5.75 Å². The van der Waals surface area contributed by atoms with E-state index in [1.54, 1.807) is 13.2 Å². The Labute approximate surface area is 171 Å². The predicted molar refractivity (Wildman–Crippen MR) is 111 cm³/mol. The molecule has 1 fully saturated rings. The van der Waals surface area contributed by atoms with Gasteiger partial charge in [-0.25, -0.2) is 0 Å². The average Bonchev–Trinajstić information content (AvgIpc) is 2.84. The number of nitrogens with zero attached hydrogens (tertiary/aromatic N) is 1. The lowest BCUT2D eigenvalue weighted by atomic mass is 10.2. The third-order valence-corrected chi connectivity index (χ3v) is 5.88. The number of hydrogen-bond acceptors (Lipinski definition) is 4. The van der Waals surface area contributed by atoms with Gasteiger partial charge in [0.2, 0.25) is 0 Å². The third-order valence-electron chi connectivity index (χ3n) is 3.60. The molecule has 1 saturated heterocycles. The second kappa shape index (κ2) is 7.92. The summed E-state index contributed by atoms with van der Waals surface area (Å²) in [6.07, 6.45) is 1.74. The average molecular weight is 530 g/mol. The molecule has 3 rings (SSSR count). The summed E-state index contributed by atoms with van der Waals surface area (Å²) in [6, 6.07) is 13.2. The zero-order valence-corrected chi connectivity index (χ0v) is 17.7. The molecule has 0 N–H and O–H groups in total. The molecule has 1 aliphatic heterocycles. The molecule has 2 aromatic carbocycles. The molecule has 0 saturated carbocycles. The SMILES string of the molecule is COc1ccc(/C=C2\SC(=O)N(Cc3ccc(Br)cc3)C2=O)cc1I. The molecule has 0 bridgehead atoms.